The molecule has 85 heavy (non-hydrogen) atoms. The summed E-state index contributed by atoms with van der Waals surface area (Å²) in [6.07, 6.45) is 8.27. The van der Waals surface area contributed by atoms with Crippen LogP contribution in [0.3, 0.4) is 0 Å². The van der Waals surface area contributed by atoms with Gasteiger partial charge in [0.25, 0.3) is 17.7 Å². The minimum Gasteiger partial charge on any atom is -0.348 e. The molecule has 3 aromatic heterocycles. The first-order valence-corrected chi connectivity index (χ1v) is 29.4. The van der Waals surface area contributed by atoms with Crippen molar-refractivity contribution in [3.05, 3.63) is 233 Å². The lowest BCUT2D eigenvalue weighted by molar-refractivity contribution is -0.141. The van der Waals surface area contributed by atoms with E-state index in [4.69, 9.17) is 0 Å². The van der Waals surface area contributed by atoms with Crippen LogP contribution < -0.4 is 0 Å². The third kappa shape index (κ3) is 15.8. The summed E-state index contributed by atoms with van der Waals surface area (Å²) in [4.78, 5) is 65.9. The number of piperidine rings is 3. The summed E-state index contributed by atoms with van der Waals surface area (Å²) >= 11 is 0. The fourth-order valence-electron chi connectivity index (χ4n) is 11.5. The Bertz CT molecular complexity index is 3600. The standard InChI is InChI=1S/C23H22F3N3O.C23H24FN3O.C23H25N3O/c24-23(25,26)20-15-27-21(28-20)14-16-10-12-29(13-11-16)22(30)19-8-6-18(7-9-19)17-4-2-1-3-5-17;1-16-15-25-22(26-16)14-17-10-12-27(13-11-17)23(28)19-8-6-18(7-9-19)20-4-2-3-5-21(20)24;1-17-16-24-22(25-17)15-18-11-13-26(14-12-18)23(27)21-9-7-20(8-10-21)19-5-3-2-4-6-19/h1-9,15-16H,10-14H2,(H,27,28);2-9,15,17H,10-14H2,1H3,(H,25,26);2-10,16,18H,11-15H2,1H3,(H,24,25). The van der Waals surface area contributed by atoms with Crippen LogP contribution in [0, 0.1) is 37.4 Å². The lowest BCUT2D eigenvalue weighted by atomic mass is 9.93. The Hall–Kier alpha value is -8.92. The molecule has 3 aliphatic rings. The van der Waals surface area contributed by atoms with Crippen molar-refractivity contribution in [2.24, 2.45) is 17.8 Å². The Morgan fingerprint density at radius 1 is 0.424 bits per heavy atom. The highest BCUT2D eigenvalue weighted by molar-refractivity contribution is 5.96. The van der Waals surface area contributed by atoms with Gasteiger partial charge in [-0.1, -0.05) is 115 Å². The number of aromatic nitrogens is 6. The number of benzene rings is 6. The molecule has 3 fully saturated rings. The van der Waals surface area contributed by atoms with Gasteiger partial charge in [0, 0.05) is 99.4 Å². The number of hydrogen-bond donors (Lipinski definition) is 3. The number of carbonyl (C=O) groups is 3. The number of aromatic amines is 3. The second-order valence-electron chi connectivity index (χ2n) is 22.5. The van der Waals surface area contributed by atoms with Gasteiger partial charge in [-0.2, -0.15) is 13.2 Å². The van der Waals surface area contributed by atoms with Gasteiger partial charge in [0.05, 0.1) is 11.4 Å². The maximum Gasteiger partial charge on any atom is 0.434 e. The van der Waals surface area contributed by atoms with Crippen LogP contribution in [0.25, 0.3) is 33.4 Å². The lowest BCUT2D eigenvalue weighted by Gasteiger charge is -2.31. The van der Waals surface area contributed by atoms with E-state index in [1.54, 1.807) is 24.3 Å². The van der Waals surface area contributed by atoms with E-state index in [9.17, 15) is 31.9 Å². The molecule has 3 N–H and O–H groups in total. The Labute approximate surface area is 493 Å². The van der Waals surface area contributed by atoms with Gasteiger partial charge >= 0.3 is 6.18 Å². The molecule has 6 aromatic carbocycles. The van der Waals surface area contributed by atoms with E-state index in [0.717, 1.165) is 135 Å². The van der Waals surface area contributed by atoms with Crippen LogP contribution in [0.1, 0.15) is 104 Å². The molecule has 3 aliphatic heterocycles. The van der Waals surface area contributed by atoms with E-state index in [2.05, 4.69) is 42.0 Å². The normalized spacial score (nSPS) is 15.2. The average molecular weight is 1150 g/mol. The molecule has 0 radical (unpaired) electrons. The van der Waals surface area contributed by atoms with Gasteiger partial charge in [-0.3, -0.25) is 14.4 Å². The van der Waals surface area contributed by atoms with Crippen LogP contribution in [0.15, 0.2) is 176 Å². The number of aryl methyl sites for hydroxylation is 2. The average Bonchev–Trinajstić information content (AvgIpc) is 4.35. The second kappa shape index (κ2) is 27.6. The van der Waals surface area contributed by atoms with Gasteiger partial charge in [0.2, 0.25) is 0 Å². The highest BCUT2D eigenvalue weighted by Crippen LogP contribution is 2.31. The van der Waals surface area contributed by atoms with Crippen LogP contribution in [0.5, 0.6) is 0 Å². The van der Waals surface area contributed by atoms with E-state index in [0.29, 0.717) is 53.9 Å². The van der Waals surface area contributed by atoms with E-state index in [1.807, 2.05) is 156 Å². The minimum atomic E-state index is -4.43. The van der Waals surface area contributed by atoms with Gasteiger partial charge in [0.15, 0.2) is 5.69 Å². The van der Waals surface area contributed by atoms with Crippen LogP contribution >= 0.6 is 0 Å². The van der Waals surface area contributed by atoms with Gasteiger partial charge < -0.3 is 29.7 Å². The number of imidazole rings is 3. The highest BCUT2D eigenvalue weighted by atomic mass is 19.4. The van der Waals surface area contributed by atoms with Gasteiger partial charge in [-0.25, -0.2) is 19.3 Å². The maximum absolute atomic E-state index is 13.9. The minimum absolute atomic E-state index is 0.00887. The number of rotatable bonds is 12. The molecule has 12 rings (SSSR count). The number of hydrogen-bond acceptors (Lipinski definition) is 6. The summed E-state index contributed by atoms with van der Waals surface area (Å²) in [6, 6.07) is 49.7. The van der Waals surface area contributed by atoms with Crippen LogP contribution in [0.2, 0.25) is 0 Å². The third-order valence-electron chi connectivity index (χ3n) is 16.4. The first-order chi connectivity index (χ1) is 41.2. The van der Waals surface area contributed by atoms with Crippen molar-refractivity contribution in [3.63, 3.8) is 0 Å². The molecule has 6 heterocycles. The number of nitrogens with one attached hydrogen (secondary N) is 3. The number of halogens is 4. The zero-order chi connectivity index (χ0) is 59.3. The van der Waals surface area contributed by atoms with Crippen molar-refractivity contribution in [1.82, 2.24) is 44.6 Å². The summed E-state index contributed by atoms with van der Waals surface area (Å²) in [7, 11) is 0. The topological polar surface area (TPSA) is 147 Å². The number of H-pyrrole nitrogens is 3. The molecule has 0 saturated carbocycles. The van der Waals surface area contributed by atoms with E-state index in [-0.39, 0.29) is 29.5 Å². The molecule has 3 amide bonds. The van der Waals surface area contributed by atoms with E-state index >= 15 is 0 Å². The Morgan fingerprint density at radius 3 is 1.07 bits per heavy atom. The largest absolute Gasteiger partial charge is 0.434 e. The summed E-state index contributed by atoms with van der Waals surface area (Å²) in [5.41, 5.74) is 9.04. The maximum atomic E-state index is 13.9. The fourth-order valence-corrected chi connectivity index (χ4v) is 11.5. The number of amides is 3. The smallest absolute Gasteiger partial charge is 0.348 e. The molecule has 3 saturated heterocycles. The number of carbonyl (C=O) groups excluding carboxylic acids is 3. The summed E-state index contributed by atoms with van der Waals surface area (Å²) < 4.78 is 52.0. The molecular weight excluding hydrogens is 1080 g/mol. The highest BCUT2D eigenvalue weighted by Gasteiger charge is 2.34. The van der Waals surface area contributed by atoms with Crippen LogP contribution in [-0.4, -0.2) is 102 Å². The zero-order valence-corrected chi connectivity index (χ0v) is 48.0. The van der Waals surface area contributed by atoms with Crippen molar-refractivity contribution >= 4 is 17.7 Å². The van der Waals surface area contributed by atoms with Crippen molar-refractivity contribution < 1.29 is 31.9 Å². The molecule has 438 valence electrons. The number of alkyl halides is 3. The molecule has 0 unspecified atom stereocenters. The lowest BCUT2D eigenvalue weighted by Crippen LogP contribution is -2.39. The fraction of sp³-hybridized carbons (Fsp3) is 0.304. The summed E-state index contributed by atoms with van der Waals surface area (Å²) in [5.74, 6) is 3.73. The Morgan fingerprint density at radius 2 is 0.741 bits per heavy atom. The van der Waals surface area contributed by atoms with Gasteiger partial charge in [-0.15, -0.1) is 0 Å². The molecule has 0 bridgehead atoms. The Kier molecular flexibility index (Phi) is 19.3. The number of likely N-dealkylation sites (tertiary alicyclic amines) is 3. The molecule has 0 atom stereocenters. The predicted molar refractivity (Wildman–Crippen MR) is 323 cm³/mol. The van der Waals surface area contributed by atoms with Gasteiger partial charge in [0.1, 0.15) is 23.3 Å². The molecule has 12 nitrogen and oxygen atoms in total. The zero-order valence-electron chi connectivity index (χ0n) is 48.0. The van der Waals surface area contributed by atoms with Crippen molar-refractivity contribution in [2.45, 2.75) is 77.8 Å². The summed E-state index contributed by atoms with van der Waals surface area (Å²) in [5, 5.41) is 0. The molecule has 0 aliphatic carbocycles. The van der Waals surface area contributed by atoms with Crippen molar-refractivity contribution in [1.29, 1.82) is 0 Å². The van der Waals surface area contributed by atoms with E-state index in [1.165, 1.54) is 11.6 Å². The summed E-state index contributed by atoms with van der Waals surface area (Å²) in [6.45, 7) is 8.35. The van der Waals surface area contributed by atoms with Crippen LogP contribution in [-0.2, 0) is 25.4 Å². The first kappa shape index (κ1) is 59.2. The van der Waals surface area contributed by atoms with Gasteiger partial charge in [-0.05, 0) is 140 Å². The van der Waals surface area contributed by atoms with Crippen LogP contribution in [0.4, 0.5) is 17.6 Å². The van der Waals surface area contributed by atoms with E-state index < -0.39 is 11.9 Å². The predicted octanol–water partition coefficient (Wildman–Crippen LogP) is 14.3. The van der Waals surface area contributed by atoms with Crippen molar-refractivity contribution in [3.8, 4) is 33.4 Å². The SMILES string of the molecule is Cc1c[nH]c(CC2CCN(C(=O)c3ccc(-c4ccccc4)cc3)CC2)n1.Cc1c[nH]c(CC2CCN(C(=O)c3ccc(-c4ccccc4F)cc3)CC2)n1.O=C(c1ccc(-c2ccccc2)cc1)N1CCC(Cc2nc(C(F)(F)F)c[nH]2)CC1. The van der Waals surface area contributed by atoms with Crippen molar-refractivity contribution in [2.75, 3.05) is 39.3 Å². The molecule has 16 heteroatoms. The molecule has 9 aromatic rings. The number of nitrogens with zero attached hydrogens (tertiary/aromatic N) is 6. The quantitative estimate of drug-likeness (QED) is 0.104. The molecule has 0 spiro atoms. The monoisotopic (exact) mass is 1150 g/mol. The Balaban J connectivity index is 0.000000142. The molecular formula is C69H71F4N9O3. The second-order valence-corrected chi connectivity index (χ2v) is 22.5. The third-order valence-corrected chi connectivity index (χ3v) is 16.4. The first-order valence-electron chi connectivity index (χ1n) is 29.4.